The van der Waals surface area contributed by atoms with E-state index in [-0.39, 0.29) is 0 Å². The molecule has 5 nitrogen and oxygen atoms in total. The van der Waals surface area contributed by atoms with Crippen molar-refractivity contribution in [2.24, 2.45) is 5.73 Å². The number of nitrogens with two attached hydrogens (primary N) is 1. The number of nitrogens with zero attached hydrogens (tertiary/aromatic N) is 2. The van der Waals surface area contributed by atoms with Gasteiger partial charge in [0.05, 0.1) is 6.33 Å². The SMILES string of the molecule is CCCn1cncc1CSC[C@H](N)C(=O)O. The molecule has 1 heterocycles. The average molecular weight is 243 g/mol. The molecule has 3 N–H and O–H groups in total. The largest absolute Gasteiger partial charge is 0.480 e. The highest BCUT2D eigenvalue weighted by atomic mass is 32.2. The summed E-state index contributed by atoms with van der Waals surface area (Å²) in [4.78, 5) is 14.6. The number of hydrogen-bond donors (Lipinski definition) is 2. The highest BCUT2D eigenvalue weighted by molar-refractivity contribution is 7.98. The number of thioether (sulfide) groups is 1. The third-order valence-corrected chi connectivity index (χ3v) is 3.22. The number of aliphatic carboxylic acids is 1. The predicted molar refractivity (Wildman–Crippen MR) is 64.3 cm³/mol. The van der Waals surface area contributed by atoms with Gasteiger partial charge in [-0.2, -0.15) is 11.8 Å². The lowest BCUT2D eigenvalue weighted by molar-refractivity contribution is -0.137. The molecule has 90 valence electrons. The molecule has 0 spiro atoms. The lowest BCUT2D eigenvalue weighted by Crippen LogP contribution is -2.32. The van der Waals surface area contributed by atoms with Crippen LogP contribution in [0, 0.1) is 0 Å². The Morgan fingerprint density at radius 1 is 1.75 bits per heavy atom. The van der Waals surface area contributed by atoms with E-state index < -0.39 is 12.0 Å². The number of rotatable bonds is 7. The van der Waals surface area contributed by atoms with Crippen LogP contribution in [0.1, 0.15) is 19.0 Å². The van der Waals surface area contributed by atoms with Crippen LogP contribution in [-0.2, 0) is 17.1 Å². The first-order chi connectivity index (χ1) is 7.65. The van der Waals surface area contributed by atoms with E-state index in [9.17, 15) is 4.79 Å². The Bertz CT molecular complexity index is 341. The number of aromatic nitrogens is 2. The minimum Gasteiger partial charge on any atom is -0.480 e. The molecule has 0 radical (unpaired) electrons. The minimum absolute atomic E-state index is 0.423. The standard InChI is InChI=1S/C10H17N3O2S/c1-2-3-13-7-12-4-8(13)5-16-6-9(11)10(14)15/h4,7,9H,2-3,5-6,11H2,1H3,(H,14,15)/t9-/m0/s1. The predicted octanol–water partition coefficient (Wildman–Crippen LogP) is 0.938. The Kier molecular flexibility index (Phi) is 5.34. The van der Waals surface area contributed by atoms with Crippen molar-refractivity contribution < 1.29 is 9.90 Å². The first-order valence-electron chi connectivity index (χ1n) is 5.20. The van der Waals surface area contributed by atoms with Gasteiger partial charge in [-0.25, -0.2) is 4.98 Å². The maximum Gasteiger partial charge on any atom is 0.321 e. The Labute approximate surface area is 99.0 Å². The Morgan fingerprint density at radius 3 is 3.12 bits per heavy atom. The summed E-state index contributed by atoms with van der Waals surface area (Å²) in [7, 11) is 0. The van der Waals surface area contributed by atoms with Crippen LogP contribution in [0.15, 0.2) is 12.5 Å². The van der Waals surface area contributed by atoms with Gasteiger partial charge in [-0.15, -0.1) is 0 Å². The number of carbonyl (C=O) groups is 1. The van der Waals surface area contributed by atoms with Crippen molar-refractivity contribution in [2.45, 2.75) is 31.7 Å². The van der Waals surface area contributed by atoms with Crippen LogP contribution < -0.4 is 5.73 Å². The summed E-state index contributed by atoms with van der Waals surface area (Å²) < 4.78 is 2.08. The highest BCUT2D eigenvalue weighted by Gasteiger charge is 2.11. The van der Waals surface area contributed by atoms with Gasteiger partial charge in [-0.1, -0.05) is 6.92 Å². The van der Waals surface area contributed by atoms with E-state index in [0.29, 0.717) is 5.75 Å². The second-order valence-corrected chi connectivity index (χ2v) is 4.57. The zero-order chi connectivity index (χ0) is 12.0. The molecule has 0 fully saturated rings. The van der Waals surface area contributed by atoms with Gasteiger partial charge >= 0.3 is 5.97 Å². The first-order valence-corrected chi connectivity index (χ1v) is 6.35. The molecule has 6 heteroatoms. The van der Waals surface area contributed by atoms with Crippen molar-refractivity contribution in [3.8, 4) is 0 Å². The van der Waals surface area contributed by atoms with E-state index in [1.54, 1.807) is 6.33 Å². The van der Waals surface area contributed by atoms with Crippen LogP contribution in [0.2, 0.25) is 0 Å². The Hall–Kier alpha value is -1.01. The molecule has 1 atom stereocenters. The molecule has 0 aliphatic carbocycles. The average Bonchev–Trinajstić information content (AvgIpc) is 2.66. The van der Waals surface area contributed by atoms with Crippen molar-refractivity contribution >= 4 is 17.7 Å². The normalized spacial score (nSPS) is 12.6. The second kappa shape index (κ2) is 6.55. The molecule has 16 heavy (non-hydrogen) atoms. The number of aryl methyl sites for hydroxylation is 1. The zero-order valence-electron chi connectivity index (χ0n) is 9.30. The highest BCUT2D eigenvalue weighted by Crippen LogP contribution is 2.13. The lowest BCUT2D eigenvalue weighted by atomic mass is 10.4. The van der Waals surface area contributed by atoms with Crippen LogP contribution >= 0.6 is 11.8 Å². The molecular formula is C10H17N3O2S. The molecule has 0 saturated carbocycles. The molecule has 0 aromatic carbocycles. The second-order valence-electron chi connectivity index (χ2n) is 3.54. The number of imidazole rings is 1. The van der Waals surface area contributed by atoms with Gasteiger partial charge in [0, 0.05) is 29.9 Å². The van der Waals surface area contributed by atoms with Crippen LogP contribution in [0.5, 0.6) is 0 Å². The first kappa shape index (κ1) is 13.1. The summed E-state index contributed by atoms with van der Waals surface area (Å²) in [5, 5.41) is 8.62. The van der Waals surface area contributed by atoms with Gasteiger partial charge < -0.3 is 15.4 Å². The molecule has 0 unspecified atom stereocenters. The van der Waals surface area contributed by atoms with Crippen molar-refractivity contribution in [1.82, 2.24) is 9.55 Å². The van der Waals surface area contributed by atoms with Crippen LogP contribution in [-0.4, -0.2) is 32.4 Å². The van der Waals surface area contributed by atoms with E-state index in [2.05, 4.69) is 16.5 Å². The molecule has 1 rings (SSSR count). The van der Waals surface area contributed by atoms with Crippen LogP contribution in [0.3, 0.4) is 0 Å². The third-order valence-electron chi connectivity index (χ3n) is 2.13. The molecule has 1 aromatic rings. The van der Waals surface area contributed by atoms with Crippen molar-refractivity contribution in [1.29, 1.82) is 0 Å². The minimum atomic E-state index is -0.949. The molecule has 1 aromatic heterocycles. The fraction of sp³-hybridized carbons (Fsp3) is 0.600. The van der Waals surface area contributed by atoms with E-state index in [1.165, 1.54) is 11.8 Å². The molecular weight excluding hydrogens is 226 g/mol. The van der Waals surface area contributed by atoms with E-state index in [1.807, 2.05) is 6.20 Å². The summed E-state index contributed by atoms with van der Waals surface area (Å²) >= 11 is 1.52. The van der Waals surface area contributed by atoms with E-state index >= 15 is 0 Å². The smallest absolute Gasteiger partial charge is 0.321 e. The van der Waals surface area contributed by atoms with Gasteiger partial charge in [0.15, 0.2) is 0 Å². The van der Waals surface area contributed by atoms with Crippen molar-refractivity contribution in [2.75, 3.05) is 5.75 Å². The Morgan fingerprint density at radius 2 is 2.50 bits per heavy atom. The van der Waals surface area contributed by atoms with Gasteiger partial charge in [0.2, 0.25) is 0 Å². The topological polar surface area (TPSA) is 81.1 Å². The van der Waals surface area contributed by atoms with Crippen LogP contribution in [0.4, 0.5) is 0 Å². The summed E-state index contributed by atoms with van der Waals surface area (Å²) in [6, 6.07) is -0.785. The van der Waals surface area contributed by atoms with Crippen LogP contribution in [0.25, 0.3) is 0 Å². The molecule has 0 amide bonds. The van der Waals surface area contributed by atoms with E-state index in [0.717, 1.165) is 24.4 Å². The van der Waals surface area contributed by atoms with Crippen molar-refractivity contribution in [3.05, 3.63) is 18.2 Å². The number of hydrogen-bond acceptors (Lipinski definition) is 4. The fourth-order valence-corrected chi connectivity index (χ4v) is 2.24. The van der Waals surface area contributed by atoms with Gasteiger partial charge in [-0.3, -0.25) is 4.79 Å². The quantitative estimate of drug-likeness (QED) is 0.745. The lowest BCUT2D eigenvalue weighted by Gasteiger charge is -2.08. The molecule has 0 saturated heterocycles. The van der Waals surface area contributed by atoms with Gasteiger partial charge in [0.1, 0.15) is 6.04 Å². The summed E-state index contributed by atoms with van der Waals surface area (Å²) in [6.45, 7) is 3.05. The maximum absolute atomic E-state index is 10.5. The summed E-state index contributed by atoms with van der Waals surface area (Å²) in [5.74, 6) is 0.225. The molecule has 0 aliphatic rings. The van der Waals surface area contributed by atoms with Gasteiger partial charge in [-0.05, 0) is 6.42 Å². The molecule has 0 bridgehead atoms. The number of carboxylic acid groups (broad SMARTS) is 1. The summed E-state index contributed by atoms with van der Waals surface area (Å²) in [6.07, 6.45) is 4.67. The maximum atomic E-state index is 10.5. The zero-order valence-corrected chi connectivity index (χ0v) is 10.1. The number of carboxylic acids is 1. The van der Waals surface area contributed by atoms with E-state index in [4.69, 9.17) is 10.8 Å². The monoisotopic (exact) mass is 243 g/mol. The molecule has 0 aliphatic heterocycles. The fourth-order valence-electron chi connectivity index (χ4n) is 1.27. The Balaban J connectivity index is 2.36. The van der Waals surface area contributed by atoms with Crippen molar-refractivity contribution in [3.63, 3.8) is 0 Å². The van der Waals surface area contributed by atoms with Gasteiger partial charge in [0.25, 0.3) is 0 Å². The third kappa shape index (κ3) is 3.86. The summed E-state index contributed by atoms with van der Waals surface area (Å²) in [5.41, 5.74) is 6.53.